The third-order valence-electron chi connectivity index (χ3n) is 3.93. The van der Waals surface area contributed by atoms with Gasteiger partial charge in [-0.2, -0.15) is 0 Å². The van der Waals surface area contributed by atoms with Gasteiger partial charge in [-0.1, -0.05) is 55.6 Å². The lowest BCUT2D eigenvalue weighted by atomic mass is 10.3. The highest BCUT2D eigenvalue weighted by Gasteiger charge is 2.40. The van der Waals surface area contributed by atoms with Crippen molar-refractivity contribution in [2.75, 3.05) is 0 Å². The summed E-state index contributed by atoms with van der Waals surface area (Å²) < 4.78 is 13.0. The van der Waals surface area contributed by atoms with E-state index in [0.717, 1.165) is 0 Å². The van der Waals surface area contributed by atoms with Gasteiger partial charge in [-0.05, 0) is 12.1 Å². The van der Waals surface area contributed by atoms with Crippen LogP contribution in [0.2, 0.25) is 12.1 Å². The summed E-state index contributed by atoms with van der Waals surface area (Å²) in [5, 5.41) is 1.59. The van der Waals surface area contributed by atoms with Crippen LogP contribution in [-0.2, 0) is 0 Å². The van der Waals surface area contributed by atoms with Gasteiger partial charge in [0.2, 0.25) is 0 Å². The molecule has 16 heavy (non-hydrogen) atoms. The van der Waals surface area contributed by atoms with E-state index in [1.807, 2.05) is 12.1 Å². The molecule has 1 aromatic carbocycles. The fourth-order valence-electron chi connectivity index (χ4n) is 2.88. The smallest absolute Gasteiger partial charge is 0.123 e. The molecule has 1 aliphatic rings. The van der Waals surface area contributed by atoms with Crippen LogP contribution in [0.5, 0.6) is 0 Å². The zero-order valence-corrected chi connectivity index (χ0v) is 11.4. The number of halogens is 2. The number of rotatable bonds is 2. The molecule has 0 radical (unpaired) electrons. The lowest BCUT2D eigenvalue weighted by Crippen LogP contribution is -2.55. The van der Waals surface area contributed by atoms with Crippen molar-refractivity contribution in [1.29, 1.82) is 0 Å². The van der Waals surface area contributed by atoms with Crippen LogP contribution in [0, 0.1) is 5.82 Å². The van der Waals surface area contributed by atoms with E-state index >= 15 is 0 Å². The normalized spacial score (nSPS) is 21.7. The molecule has 1 atom stereocenters. The van der Waals surface area contributed by atoms with Crippen LogP contribution in [0.1, 0.15) is 26.2 Å². The van der Waals surface area contributed by atoms with E-state index in [2.05, 4.69) is 6.92 Å². The van der Waals surface area contributed by atoms with Crippen molar-refractivity contribution in [3.8, 4) is 0 Å². The van der Waals surface area contributed by atoms with E-state index in [4.69, 9.17) is 11.6 Å². The summed E-state index contributed by atoms with van der Waals surface area (Å²) in [5.74, 6) is -0.147. The number of benzene rings is 1. The van der Waals surface area contributed by atoms with Crippen molar-refractivity contribution < 1.29 is 4.39 Å². The first-order chi connectivity index (χ1) is 7.65. The summed E-state index contributed by atoms with van der Waals surface area (Å²) >= 11 is 6.46. The maximum Gasteiger partial charge on any atom is 0.123 e. The van der Waals surface area contributed by atoms with Crippen molar-refractivity contribution in [2.24, 2.45) is 0 Å². The molecule has 1 aliphatic heterocycles. The Morgan fingerprint density at radius 2 is 1.69 bits per heavy atom. The Hall–Kier alpha value is -0.343. The molecule has 88 valence electrons. The van der Waals surface area contributed by atoms with Gasteiger partial charge in [-0.15, -0.1) is 11.6 Å². The van der Waals surface area contributed by atoms with Gasteiger partial charge in [0.15, 0.2) is 0 Å². The second kappa shape index (κ2) is 4.88. The molecule has 1 unspecified atom stereocenters. The zero-order chi connectivity index (χ0) is 11.6. The topological polar surface area (TPSA) is 0 Å². The van der Waals surface area contributed by atoms with Crippen LogP contribution in [0.25, 0.3) is 0 Å². The lowest BCUT2D eigenvalue weighted by Gasteiger charge is -2.38. The molecule has 0 aromatic heterocycles. The predicted octanol–water partition coefficient (Wildman–Crippen LogP) is 3.83. The van der Waals surface area contributed by atoms with Crippen LogP contribution < -0.4 is 5.19 Å². The average Bonchev–Trinajstić information content (AvgIpc) is 2.30. The minimum Gasteiger partial charge on any atom is -0.207 e. The Labute approximate surface area is 103 Å². The Morgan fingerprint density at radius 3 is 2.19 bits per heavy atom. The SMILES string of the molecule is CC(Cl)[Si]1(c2ccc(F)cc2)CCCCC1. The van der Waals surface area contributed by atoms with Crippen LogP contribution in [0.15, 0.2) is 24.3 Å². The van der Waals surface area contributed by atoms with E-state index in [1.54, 1.807) is 12.1 Å². The molecule has 1 saturated heterocycles. The summed E-state index contributed by atoms with van der Waals surface area (Å²) in [7, 11) is -1.56. The molecule has 2 rings (SSSR count). The molecular weight excluding hydrogens is 239 g/mol. The second-order valence-corrected chi connectivity index (χ2v) is 10.6. The van der Waals surface area contributed by atoms with E-state index in [9.17, 15) is 4.39 Å². The van der Waals surface area contributed by atoms with Gasteiger partial charge in [0, 0.05) is 5.00 Å². The largest absolute Gasteiger partial charge is 0.207 e. The highest BCUT2D eigenvalue weighted by Crippen LogP contribution is 2.33. The average molecular weight is 257 g/mol. The van der Waals surface area contributed by atoms with Gasteiger partial charge >= 0.3 is 0 Å². The van der Waals surface area contributed by atoms with Crippen LogP contribution in [0.3, 0.4) is 0 Å². The molecule has 0 bridgehead atoms. The molecule has 0 amide bonds. The third kappa shape index (κ3) is 2.18. The summed E-state index contributed by atoms with van der Waals surface area (Å²) in [6.45, 7) is 2.13. The Kier molecular flexibility index (Phi) is 3.70. The first-order valence-electron chi connectivity index (χ1n) is 6.05. The Morgan fingerprint density at radius 1 is 1.12 bits per heavy atom. The lowest BCUT2D eigenvalue weighted by molar-refractivity contribution is 0.628. The first-order valence-corrected chi connectivity index (χ1v) is 8.98. The monoisotopic (exact) mass is 256 g/mol. The van der Waals surface area contributed by atoms with E-state index in [0.29, 0.717) is 0 Å². The van der Waals surface area contributed by atoms with Gasteiger partial charge in [-0.3, -0.25) is 0 Å². The summed E-state index contributed by atoms with van der Waals surface area (Å²) in [6, 6.07) is 9.63. The van der Waals surface area contributed by atoms with E-state index in [-0.39, 0.29) is 10.8 Å². The van der Waals surface area contributed by atoms with E-state index in [1.165, 1.54) is 36.5 Å². The zero-order valence-electron chi connectivity index (χ0n) is 9.68. The summed E-state index contributed by atoms with van der Waals surface area (Å²) in [5.41, 5.74) is 0. The highest BCUT2D eigenvalue weighted by atomic mass is 35.5. The second-order valence-electron chi connectivity index (χ2n) is 4.84. The van der Waals surface area contributed by atoms with Gasteiger partial charge < -0.3 is 0 Å². The Bertz CT molecular complexity index is 341. The molecule has 0 aliphatic carbocycles. The quantitative estimate of drug-likeness (QED) is 0.557. The van der Waals surface area contributed by atoms with Crippen LogP contribution in [0.4, 0.5) is 4.39 Å². The minimum absolute atomic E-state index is 0.147. The molecule has 3 heteroatoms. The minimum atomic E-state index is -1.56. The summed E-state index contributed by atoms with van der Waals surface area (Å²) in [4.78, 5) is 0. The van der Waals surface area contributed by atoms with Crippen molar-refractivity contribution in [3.05, 3.63) is 30.1 Å². The van der Waals surface area contributed by atoms with E-state index < -0.39 is 8.07 Å². The van der Waals surface area contributed by atoms with Crippen molar-refractivity contribution >= 4 is 24.9 Å². The van der Waals surface area contributed by atoms with Crippen molar-refractivity contribution in [3.63, 3.8) is 0 Å². The summed E-state index contributed by atoms with van der Waals surface area (Å²) in [6.07, 6.45) is 3.92. The predicted molar refractivity (Wildman–Crippen MR) is 70.6 cm³/mol. The van der Waals surface area contributed by atoms with Gasteiger partial charge in [-0.25, -0.2) is 4.39 Å². The molecule has 0 N–H and O–H groups in total. The van der Waals surface area contributed by atoms with Crippen molar-refractivity contribution in [1.82, 2.24) is 0 Å². The molecule has 1 aromatic rings. The molecule has 1 fully saturated rings. The number of alkyl halides is 1. The molecule has 0 spiro atoms. The first kappa shape index (κ1) is 12.1. The highest BCUT2D eigenvalue weighted by molar-refractivity contribution is 6.97. The fraction of sp³-hybridized carbons (Fsp3) is 0.538. The Balaban J connectivity index is 2.34. The van der Waals surface area contributed by atoms with Crippen LogP contribution >= 0.6 is 11.6 Å². The van der Waals surface area contributed by atoms with Crippen molar-refractivity contribution in [2.45, 2.75) is 43.3 Å². The number of hydrogen-bond donors (Lipinski definition) is 0. The maximum absolute atomic E-state index is 13.0. The van der Waals surface area contributed by atoms with Gasteiger partial charge in [0.25, 0.3) is 0 Å². The molecule has 1 heterocycles. The third-order valence-corrected chi connectivity index (χ3v) is 10.7. The number of hydrogen-bond acceptors (Lipinski definition) is 0. The molecule has 0 nitrogen and oxygen atoms in total. The van der Waals surface area contributed by atoms with Gasteiger partial charge in [0.05, 0.1) is 0 Å². The maximum atomic E-state index is 13.0. The molecular formula is C13H18ClFSi. The molecule has 0 saturated carbocycles. The van der Waals surface area contributed by atoms with Crippen LogP contribution in [-0.4, -0.2) is 13.1 Å². The fourth-order valence-corrected chi connectivity index (χ4v) is 8.59. The standard InChI is InChI=1S/C13H18ClFSi/c1-11(14)16(9-3-2-4-10-16)13-7-5-12(15)6-8-13/h5-8,11H,2-4,9-10H2,1H3. The van der Waals surface area contributed by atoms with Gasteiger partial charge in [0.1, 0.15) is 13.9 Å².